The molecule has 4 aromatic rings. The number of rotatable bonds is 4. The fraction of sp³-hybridized carbons (Fsp3) is 0.286. The molecule has 0 saturated carbocycles. The lowest BCUT2D eigenvalue weighted by Gasteiger charge is -2.08. The molecule has 144 valence electrons. The molecule has 7 nitrogen and oxygen atoms in total. The van der Waals surface area contributed by atoms with Crippen LogP contribution < -0.4 is 11.2 Å². The largest absolute Gasteiger partial charge is 0.332 e. The monoisotopic (exact) mass is 377 g/mol. The number of aryl methyl sites for hydroxylation is 3. The third-order valence-electron chi connectivity index (χ3n) is 5.43. The molecular weight excluding hydrogens is 354 g/mol. The first-order chi connectivity index (χ1) is 13.4. The van der Waals surface area contributed by atoms with Gasteiger partial charge in [0.15, 0.2) is 11.2 Å². The van der Waals surface area contributed by atoms with Gasteiger partial charge in [0.1, 0.15) is 0 Å². The maximum atomic E-state index is 13.1. The van der Waals surface area contributed by atoms with Gasteiger partial charge in [0.25, 0.3) is 5.56 Å². The normalized spacial score (nSPS) is 11.6. The highest BCUT2D eigenvalue weighted by Gasteiger charge is 2.22. The van der Waals surface area contributed by atoms with Gasteiger partial charge in [-0.25, -0.2) is 4.79 Å². The molecule has 0 fully saturated rings. The van der Waals surface area contributed by atoms with Gasteiger partial charge in [-0.3, -0.25) is 22.9 Å². The average Bonchev–Trinajstić information content (AvgIpc) is 3.19. The minimum absolute atomic E-state index is 0.159. The molecule has 0 aliphatic rings. The Kier molecular flexibility index (Phi) is 4.10. The summed E-state index contributed by atoms with van der Waals surface area (Å²) in [5, 5.41) is 0. The molecule has 28 heavy (non-hydrogen) atoms. The van der Waals surface area contributed by atoms with Crippen LogP contribution in [0.15, 0.2) is 46.5 Å². The topological polar surface area (TPSA) is 66.2 Å². The van der Waals surface area contributed by atoms with Crippen LogP contribution in [0.25, 0.3) is 22.6 Å². The molecule has 0 aliphatic heterocycles. The molecule has 0 spiro atoms. The number of fused-ring (bicyclic) bond motifs is 3. The Hall–Kier alpha value is -3.35. The molecule has 0 radical (unpaired) electrons. The summed E-state index contributed by atoms with van der Waals surface area (Å²) in [6, 6.07) is 8.30. The summed E-state index contributed by atoms with van der Waals surface area (Å²) in [7, 11) is 1.64. The molecule has 0 amide bonds. The molecule has 3 aromatic heterocycles. The number of imidazole rings is 2. The summed E-state index contributed by atoms with van der Waals surface area (Å²) < 4.78 is 6.48. The molecule has 1 aromatic carbocycles. The minimum Gasteiger partial charge on any atom is -0.283 e. The van der Waals surface area contributed by atoms with Gasteiger partial charge in [-0.15, -0.1) is 6.58 Å². The Morgan fingerprint density at radius 2 is 1.79 bits per heavy atom. The predicted octanol–water partition coefficient (Wildman–Crippen LogP) is 2.50. The van der Waals surface area contributed by atoms with E-state index >= 15 is 0 Å². The predicted molar refractivity (Wildman–Crippen MR) is 111 cm³/mol. The molecule has 4 rings (SSSR count). The van der Waals surface area contributed by atoms with E-state index in [4.69, 9.17) is 0 Å². The van der Waals surface area contributed by atoms with E-state index in [1.54, 1.807) is 13.1 Å². The molecule has 0 aliphatic carbocycles. The van der Waals surface area contributed by atoms with Crippen molar-refractivity contribution in [3.8, 4) is 5.69 Å². The second-order valence-electron chi connectivity index (χ2n) is 6.99. The fourth-order valence-corrected chi connectivity index (χ4v) is 3.73. The van der Waals surface area contributed by atoms with E-state index in [0.717, 1.165) is 23.5 Å². The fourth-order valence-electron chi connectivity index (χ4n) is 3.73. The first-order valence-electron chi connectivity index (χ1n) is 9.30. The van der Waals surface area contributed by atoms with Crippen LogP contribution in [0, 0.1) is 13.8 Å². The highest BCUT2D eigenvalue weighted by molar-refractivity contribution is 5.77. The van der Waals surface area contributed by atoms with E-state index in [0.29, 0.717) is 16.9 Å². The molecule has 0 bridgehead atoms. The summed E-state index contributed by atoms with van der Waals surface area (Å²) in [6.07, 6.45) is 2.52. The van der Waals surface area contributed by atoms with Crippen molar-refractivity contribution in [2.24, 2.45) is 7.05 Å². The van der Waals surface area contributed by atoms with Gasteiger partial charge in [0.2, 0.25) is 5.78 Å². The van der Waals surface area contributed by atoms with Crippen molar-refractivity contribution in [3.63, 3.8) is 0 Å². The van der Waals surface area contributed by atoms with Gasteiger partial charge in [-0.1, -0.05) is 25.1 Å². The molecule has 3 heterocycles. The number of aromatic nitrogens is 5. The summed E-state index contributed by atoms with van der Waals surface area (Å²) in [5.41, 5.74) is 4.17. The second kappa shape index (κ2) is 6.37. The van der Waals surface area contributed by atoms with E-state index in [1.165, 1.54) is 14.7 Å². The van der Waals surface area contributed by atoms with Gasteiger partial charge in [0.05, 0.1) is 0 Å². The van der Waals surface area contributed by atoms with Crippen LogP contribution in [0.4, 0.5) is 0 Å². The van der Waals surface area contributed by atoms with E-state index < -0.39 is 5.69 Å². The third-order valence-corrected chi connectivity index (χ3v) is 5.43. The van der Waals surface area contributed by atoms with Crippen LogP contribution in [0.2, 0.25) is 0 Å². The summed E-state index contributed by atoms with van der Waals surface area (Å²) in [5.74, 6) is 0.623. The smallest absolute Gasteiger partial charge is 0.283 e. The van der Waals surface area contributed by atoms with Crippen molar-refractivity contribution in [2.75, 3.05) is 0 Å². The van der Waals surface area contributed by atoms with Crippen molar-refractivity contribution in [1.82, 2.24) is 23.1 Å². The zero-order chi connectivity index (χ0) is 20.2. The van der Waals surface area contributed by atoms with Crippen LogP contribution >= 0.6 is 0 Å². The quantitative estimate of drug-likeness (QED) is 0.513. The van der Waals surface area contributed by atoms with Crippen LogP contribution in [0.3, 0.4) is 0 Å². The average molecular weight is 377 g/mol. The first kappa shape index (κ1) is 18.0. The van der Waals surface area contributed by atoms with Gasteiger partial charge in [0, 0.05) is 30.7 Å². The Labute approximate surface area is 161 Å². The molecular formula is C21H23N5O2. The van der Waals surface area contributed by atoms with Gasteiger partial charge in [-0.2, -0.15) is 4.98 Å². The lowest BCUT2D eigenvalue weighted by atomic mass is 10.1. The third kappa shape index (κ3) is 2.32. The summed E-state index contributed by atoms with van der Waals surface area (Å²) in [4.78, 5) is 30.4. The van der Waals surface area contributed by atoms with Gasteiger partial charge < -0.3 is 0 Å². The van der Waals surface area contributed by atoms with Crippen LogP contribution in [0.1, 0.15) is 23.9 Å². The number of hydrogen-bond acceptors (Lipinski definition) is 3. The second-order valence-corrected chi connectivity index (χ2v) is 6.99. The lowest BCUT2D eigenvalue weighted by Crippen LogP contribution is -2.39. The first-order valence-corrected chi connectivity index (χ1v) is 9.30. The zero-order valence-electron chi connectivity index (χ0n) is 16.6. The summed E-state index contributed by atoms with van der Waals surface area (Å²) >= 11 is 0. The Morgan fingerprint density at radius 1 is 1.11 bits per heavy atom. The number of hydrogen-bond donors (Lipinski definition) is 0. The Bertz CT molecular complexity index is 1350. The molecule has 0 N–H and O–H groups in total. The highest BCUT2D eigenvalue weighted by atomic mass is 16.2. The Balaban J connectivity index is 2.15. The van der Waals surface area contributed by atoms with Gasteiger partial charge >= 0.3 is 5.69 Å². The van der Waals surface area contributed by atoms with Gasteiger partial charge in [-0.05, 0) is 38.0 Å². The van der Waals surface area contributed by atoms with Crippen molar-refractivity contribution in [3.05, 3.63) is 74.7 Å². The molecule has 0 unspecified atom stereocenters. The van der Waals surface area contributed by atoms with Crippen molar-refractivity contribution in [1.29, 1.82) is 0 Å². The van der Waals surface area contributed by atoms with Crippen LogP contribution in [0.5, 0.6) is 0 Å². The molecule has 0 saturated heterocycles. The lowest BCUT2D eigenvalue weighted by molar-refractivity contribution is 0.667. The van der Waals surface area contributed by atoms with E-state index in [1.807, 2.05) is 22.8 Å². The van der Waals surface area contributed by atoms with Crippen molar-refractivity contribution in [2.45, 2.75) is 33.7 Å². The SMILES string of the molecule is C=CCn1c(=O)c2c(nc3n(-c4ccc(CC)cc4)c(C)c(C)n23)n(C)c1=O. The number of benzene rings is 1. The highest BCUT2D eigenvalue weighted by Crippen LogP contribution is 2.24. The van der Waals surface area contributed by atoms with Crippen molar-refractivity contribution >= 4 is 16.9 Å². The molecule has 0 atom stereocenters. The van der Waals surface area contributed by atoms with E-state index in [2.05, 4.69) is 42.8 Å². The molecule has 7 heteroatoms. The zero-order valence-corrected chi connectivity index (χ0v) is 16.6. The Morgan fingerprint density at radius 3 is 2.39 bits per heavy atom. The van der Waals surface area contributed by atoms with Crippen LogP contribution in [-0.2, 0) is 20.0 Å². The number of allylic oxidation sites excluding steroid dienone is 1. The summed E-state index contributed by atoms with van der Waals surface area (Å²) in [6.45, 7) is 9.90. The van der Waals surface area contributed by atoms with E-state index in [-0.39, 0.29) is 12.1 Å². The maximum absolute atomic E-state index is 13.1. The van der Waals surface area contributed by atoms with Crippen LogP contribution in [-0.4, -0.2) is 23.1 Å². The number of nitrogens with zero attached hydrogens (tertiary/aromatic N) is 5. The minimum atomic E-state index is -0.397. The van der Waals surface area contributed by atoms with Crippen molar-refractivity contribution < 1.29 is 0 Å². The standard InChI is InChI=1S/C21H23N5O2/c1-6-12-24-19(27)17-18(23(5)21(24)28)22-20-25(13(3)14(4)26(17)20)16-10-8-15(7-2)9-11-16/h6,8-11H,1,7,12H2,2-5H3. The van der Waals surface area contributed by atoms with E-state index in [9.17, 15) is 9.59 Å². The maximum Gasteiger partial charge on any atom is 0.332 e.